The van der Waals surface area contributed by atoms with Crippen LogP contribution in [0.25, 0.3) is 10.4 Å². The Morgan fingerprint density at radius 2 is 2.00 bits per heavy atom. The first-order valence-corrected chi connectivity index (χ1v) is 4.95. The first-order chi connectivity index (χ1) is 7.69. The van der Waals surface area contributed by atoms with E-state index in [0.29, 0.717) is 5.57 Å². The highest BCUT2D eigenvalue weighted by Crippen LogP contribution is 2.31. The van der Waals surface area contributed by atoms with E-state index < -0.39 is 24.0 Å². The summed E-state index contributed by atoms with van der Waals surface area (Å²) in [7, 11) is 0. The van der Waals surface area contributed by atoms with E-state index in [1.54, 1.807) is 0 Å². The summed E-state index contributed by atoms with van der Waals surface area (Å²) in [6, 6.07) is -0.813. The van der Waals surface area contributed by atoms with Gasteiger partial charge >= 0.3 is 0 Å². The molecule has 7 heteroatoms. The van der Waals surface area contributed by atoms with E-state index in [-0.39, 0.29) is 19.8 Å². The molecule has 1 rings (SSSR count). The highest BCUT2D eigenvalue weighted by Gasteiger charge is 2.37. The summed E-state index contributed by atoms with van der Waals surface area (Å²) in [6.07, 6.45) is 0.394. The molecule has 0 amide bonds. The van der Waals surface area contributed by atoms with Crippen molar-refractivity contribution in [2.75, 3.05) is 19.8 Å². The van der Waals surface area contributed by atoms with Gasteiger partial charge in [0.15, 0.2) is 0 Å². The number of hydrogen-bond donors (Lipinski definition) is 4. The molecule has 0 saturated carbocycles. The Morgan fingerprint density at radius 1 is 1.31 bits per heavy atom. The molecule has 0 heterocycles. The van der Waals surface area contributed by atoms with E-state index in [2.05, 4.69) is 10.0 Å². The maximum absolute atomic E-state index is 9.81. The molecule has 16 heavy (non-hydrogen) atoms. The molecule has 0 aromatic carbocycles. The van der Waals surface area contributed by atoms with Crippen molar-refractivity contribution in [1.82, 2.24) is 0 Å². The second kappa shape index (κ2) is 5.83. The molecule has 7 nitrogen and oxygen atoms in total. The zero-order valence-corrected chi connectivity index (χ0v) is 8.64. The number of azide groups is 1. The van der Waals surface area contributed by atoms with Crippen LogP contribution in [0.2, 0.25) is 0 Å². The fourth-order valence-corrected chi connectivity index (χ4v) is 2.03. The van der Waals surface area contributed by atoms with Gasteiger partial charge in [-0.25, -0.2) is 0 Å². The summed E-state index contributed by atoms with van der Waals surface area (Å²) in [5.74, 6) is -1.14. The molecule has 1 aliphatic rings. The third-order valence-corrected chi connectivity index (χ3v) is 2.94. The number of rotatable bonds is 4. The van der Waals surface area contributed by atoms with Crippen molar-refractivity contribution in [3.63, 3.8) is 0 Å². The Hall–Kier alpha value is -1.11. The molecule has 4 atom stereocenters. The van der Waals surface area contributed by atoms with Gasteiger partial charge in [-0.15, -0.1) is 0 Å². The fraction of sp³-hybridized carbons (Fsp3) is 0.778. The number of nitrogens with zero attached hydrogens (tertiary/aromatic N) is 3. The Labute approximate surface area is 92.3 Å². The molecule has 0 bridgehead atoms. The van der Waals surface area contributed by atoms with Crippen molar-refractivity contribution in [2.45, 2.75) is 12.1 Å². The molecule has 1 aliphatic carbocycles. The van der Waals surface area contributed by atoms with Crippen molar-refractivity contribution >= 4 is 0 Å². The zero-order chi connectivity index (χ0) is 12.1. The van der Waals surface area contributed by atoms with Crippen LogP contribution in [0, 0.1) is 11.8 Å². The van der Waals surface area contributed by atoms with Gasteiger partial charge in [-0.1, -0.05) is 11.2 Å². The average molecular weight is 229 g/mol. The third kappa shape index (κ3) is 2.34. The highest BCUT2D eigenvalue weighted by atomic mass is 16.3. The minimum atomic E-state index is -1.05. The molecule has 90 valence electrons. The van der Waals surface area contributed by atoms with Gasteiger partial charge < -0.3 is 20.4 Å². The first-order valence-electron chi connectivity index (χ1n) is 4.95. The van der Waals surface area contributed by atoms with Crippen LogP contribution in [0.5, 0.6) is 0 Å². The number of hydrogen-bond acceptors (Lipinski definition) is 5. The lowest BCUT2D eigenvalue weighted by atomic mass is 9.75. The van der Waals surface area contributed by atoms with Crippen molar-refractivity contribution in [3.05, 3.63) is 22.1 Å². The third-order valence-electron chi connectivity index (χ3n) is 2.94. The fourth-order valence-electron chi connectivity index (χ4n) is 2.03. The topological polar surface area (TPSA) is 130 Å². The quantitative estimate of drug-likeness (QED) is 0.217. The molecule has 0 radical (unpaired) electrons. The number of aliphatic hydroxyl groups excluding tert-OH is 4. The Balaban J connectivity index is 3.06. The largest absolute Gasteiger partial charge is 0.396 e. The Morgan fingerprint density at radius 3 is 2.44 bits per heavy atom. The Bertz CT molecular complexity index is 314. The van der Waals surface area contributed by atoms with E-state index in [9.17, 15) is 5.11 Å². The molecule has 0 saturated heterocycles. The number of aliphatic hydroxyl groups is 4. The molecular formula is C9H15N3O4. The van der Waals surface area contributed by atoms with Crippen LogP contribution >= 0.6 is 0 Å². The van der Waals surface area contributed by atoms with Gasteiger partial charge in [0.1, 0.15) is 0 Å². The molecule has 0 aliphatic heterocycles. The lowest BCUT2D eigenvalue weighted by Crippen LogP contribution is -2.44. The standard InChI is InChI=1S/C9H15N3O4/c10-12-11-8-1-5(2-13)6(3-14)7(4-15)9(8)16/h1,6-9,13-16H,2-4H2/t6-,7-,8-,9-/m0/s1. The summed E-state index contributed by atoms with van der Waals surface area (Å²) in [5, 5.41) is 40.6. The van der Waals surface area contributed by atoms with Crippen molar-refractivity contribution in [1.29, 1.82) is 0 Å². The van der Waals surface area contributed by atoms with Crippen LogP contribution in [0.1, 0.15) is 0 Å². The molecule has 0 aromatic heterocycles. The van der Waals surface area contributed by atoms with Gasteiger partial charge in [0, 0.05) is 23.4 Å². The van der Waals surface area contributed by atoms with E-state index in [1.807, 2.05) is 0 Å². The molecule has 0 spiro atoms. The van der Waals surface area contributed by atoms with E-state index in [1.165, 1.54) is 6.08 Å². The van der Waals surface area contributed by atoms with Crippen molar-refractivity contribution in [3.8, 4) is 0 Å². The summed E-state index contributed by atoms with van der Waals surface area (Å²) in [5.41, 5.74) is 8.80. The highest BCUT2D eigenvalue weighted by molar-refractivity contribution is 5.20. The minimum Gasteiger partial charge on any atom is -0.396 e. The molecule has 0 aromatic rings. The van der Waals surface area contributed by atoms with E-state index in [4.69, 9.17) is 20.9 Å². The second-order valence-corrected chi connectivity index (χ2v) is 3.72. The predicted octanol–water partition coefficient (Wildman–Crippen LogP) is -0.825. The molecule has 0 unspecified atom stereocenters. The van der Waals surface area contributed by atoms with Crippen LogP contribution in [-0.4, -0.2) is 52.4 Å². The van der Waals surface area contributed by atoms with Crippen LogP contribution in [0.3, 0.4) is 0 Å². The van der Waals surface area contributed by atoms with Crippen molar-refractivity contribution < 1.29 is 20.4 Å². The lowest BCUT2D eigenvalue weighted by molar-refractivity contribution is 0.00684. The van der Waals surface area contributed by atoms with Crippen LogP contribution in [-0.2, 0) is 0 Å². The summed E-state index contributed by atoms with van der Waals surface area (Å²) >= 11 is 0. The summed E-state index contributed by atoms with van der Waals surface area (Å²) in [4.78, 5) is 2.59. The zero-order valence-electron chi connectivity index (χ0n) is 8.64. The maximum atomic E-state index is 9.81. The smallest absolute Gasteiger partial charge is 0.0822 e. The van der Waals surface area contributed by atoms with Crippen LogP contribution in [0.4, 0.5) is 0 Å². The monoisotopic (exact) mass is 229 g/mol. The molecule has 4 N–H and O–H groups in total. The van der Waals surface area contributed by atoms with Gasteiger partial charge in [0.2, 0.25) is 0 Å². The first kappa shape index (κ1) is 13.0. The average Bonchev–Trinajstić information content (AvgIpc) is 2.31. The summed E-state index contributed by atoms with van der Waals surface area (Å²) in [6.45, 7) is -0.926. The Kier molecular flexibility index (Phi) is 4.72. The van der Waals surface area contributed by atoms with E-state index in [0.717, 1.165) is 0 Å². The lowest BCUT2D eigenvalue weighted by Gasteiger charge is -2.36. The second-order valence-electron chi connectivity index (χ2n) is 3.72. The van der Waals surface area contributed by atoms with Crippen LogP contribution in [0.15, 0.2) is 16.8 Å². The van der Waals surface area contributed by atoms with Gasteiger partial charge in [-0.3, -0.25) is 0 Å². The van der Waals surface area contributed by atoms with Gasteiger partial charge in [0.05, 0.1) is 25.4 Å². The summed E-state index contributed by atoms with van der Waals surface area (Å²) < 4.78 is 0. The van der Waals surface area contributed by atoms with Crippen LogP contribution < -0.4 is 0 Å². The normalized spacial score (nSPS) is 34.1. The van der Waals surface area contributed by atoms with Gasteiger partial charge in [0.25, 0.3) is 0 Å². The maximum Gasteiger partial charge on any atom is 0.0822 e. The minimum absolute atomic E-state index is 0.280. The molecule has 0 fully saturated rings. The SMILES string of the molecule is [N-]=[N+]=N[C@H]1C=C(CO)[C@H](CO)[C@H](CO)[C@@H]1O. The predicted molar refractivity (Wildman–Crippen MR) is 55.3 cm³/mol. The van der Waals surface area contributed by atoms with Gasteiger partial charge in [-0.05, 0) is 11.1 Å². The van der Waals surface area contributed by atoms with E-state index >= 15 is 0 Å². The van der Waals surface area contributed by atoms with Gasteiger partial charge in [-0.2, -0.15) is 0 Å². The van der Waals surface area contributed by atoms with Crippen molar-refractivity contribution in [2.24, 2.45) is 17.0 Å². The molecular weight excluding hydrogens is 214 g/mol.